The number of fused-ring (bicyclic) bond motifs is 2. The molecule has 1 aliphatic heterocycles. The second-order valence-electron chi connectivity index (χ2n) is 4.97. The van der Waals surface area contributed by atoms with Gasteiger partial charge in [-0.3, -0.25) is 5.73 Å². The Labute approximate surface area is 125 Å². The summed E-state index contributed by atoms with van der Waals surface area (Å²) in [5, 5.41) is 12.0. The molecule has 0 saturated carbocycles. The van der Waals surface area contributed by atoms with E-state index in [1.54, 1.807) is 16.7 Å². The van der Waals surface area contributed by atoms with Gasteiger partial charge in [-0.25, -0.2) is 4.79 Å². The molecule has 3 rings (SSSR count). The van der Waals surface area contributed by atoms with Gasteiger partial charge in [-0.2, -0.15) is 0 Å². The number of nitrogens with zero attached hydrogens (tertiary/aromatic N) is 1. The molecule has 0 aliphatic carbocycles. The molecule has 0 spiro atoms. The fourth-order valence-electron chi connectivity index (χ4n) is 2.27. The number of thioether (sulfide) groups is 1. The van der Waals surface area contributed by atoms with Gasteiger partial charge in [0.25, 0.3) is 0 Å². The van der Waals surface area contributed by atoms with E-state index in [9.17, 15) is 9.90 Å². The van der Waals surface area contributed by atoms with E-state index in [1.165, 1.54) is 6.92 Å². The molecule has 0 fully saturated rings. The Morgan fingerprint density at radius 1 is 1.40 bits per heavy atom. The molecule has 3 N–H and O–H groups in total. The van der Waals surface area contributed by atoms with Crippen LogP contribution in [-0.2, 0) is 4.79 Å². The first-order valence-corrected chi connectivity index (χ1v) is 7.42. The molecule has 104 valence electrons. The molecule has 0 bridgehead atoms. The number of rotatable bonds is 2. The highest BCUT2D eigenvalue weighted by Gasteiger charge is 2.39. The Morgan fingerprint density at radius 3 is 2.85 bits per heavy atom. The highest BCUT2D eigenvalue weighted by molar-refractivity contribution is 7.99. The number of halogens is 1. The minimum atomic E-state index is -1.43. The van der Waals surface area contributed by atoms with Gasteiger partial charge in [0.05, 0.1) is 11.6 Å². The number of hydrogen-bond acceptors (Lipinski definition) is 4. The third-order valence-corrected chi connectivity index (χ3v) is 4.77. The van der Waals surface area contributed by atoms with Gasteiger partial charge in [-0.15, -0.1) is 11.8 Å². The average molecular weight is 309 g/mol. The molecule has 0 unspecified atom stereocenters. The van der Waals surface area contributed by atoms with Gasteiger partial charge in [0, 0.05) is 9.92 Å². The van der Waals surface area contributed by atoms with Gasteiger partial charge in [0.1, 0.15) is 0 Å². The topological polar surface area (TPSA) is 66.6 Å². The number of hydrogen-bond donors (Lipinski definition) is 2. The Balaban J connectivity index is 2.15. The van der Waals surface area contributed by atoms with Crippen LogP contribution in [0, 0.1) is 0 Å². The van der Waals surface area contributed by atoms with Crippen molar-refractivity contribution in [2.45, 2.75) is 17.5 Å². The van der Waals surface area contributed by atoms with Crippen LogP contribution in [0.4, 0.5) is 5.69 Å². The summed E-state index contributed by atoms with van der Waals surface area (Å²) in [5.74, 6) is -0.518. The molecule has 0 radical (unpaired) electrons. The van der Waals surface area contributed by atoms with E-state index in [2.05, 4.69) is 0 Å². The number of aliphatic carboxylic acids is 1. The number of carbonyl (C=O) groups is 1. The monoisotopic (exact) mass is 308 g/mol. The van der Waals surface area contributed by atoms with E-state index in [0.29, 0.717) is 10.9 Å². The first-order valence-electron chi connectivity index (χ1n) is 6.05. The lowest BCUT2D eigenvalue weighted by atomic mass is 10.1. The largest absolute Gasteiger partial charge is 0.478 e. The number of anilines is 1. The summed E-state index contributed by atoms with van der Waals surface area (Å²) < 4.78 is 0. The SMILES string of the molecule is C[C@@](N)(C(=O)O)N1CSc2cc3ccc(Cl)cc3cc21. The lowest BCUT2D eigenvalue weighted by Gasteiger charge is -2.32. The molecule has 2 aromatic rings. The number of carboxylic acids is 1. The molecular weight excluding hydrogens is 296 g/mol. The third-order valence-electron chi connectivity index (χ3n) is 3.51. The molecule has 0 saturated heterocycles. The summed E-state index contributed by atoms with van der Waals surface area (Å²) in [4.78, 5) is 14.1. The van der Waals surface area contributed by atoms with Crippen LogP contribution in [0.5, 0.6) is 0 Å². The van der Waals surface area contributed by atoms with Crippen molar-refractivity contribution in [3.05, 3.63) is 35.4 Å². The van der Waals surface area contributed by atoms with Gasteiger partial charge in [0.15, 0.2) is 5.66 Å². The molecule has 20 heavy (non-hydrogen) atoms. The van der Waals surface area contributed by atoms with Crippen molar-refractivity contribution in [3.8, 4) is 0 Å². The number of nitrogens with two attached hydrogens (primary N) is 1. The molecule has 6 heteroatoms. The second-order valence-corrected chi connectivity index (χ2v) is 6.39. The van der Waals surface area contributed by atoms with Crippen molar-refractivity contribution in [1.82, 2.24) is 0 Å². The zero-order valence-electron chi connectivity index (χ0n) is 10.8. The number of benzene rings is 2. The molecule has 1 aliphatic rings. The Bertz CT molecular complexity index is 718. The smallest absolute Gasteiger partial charge is 0.344 e. The van der Waals surface area contributed by atoms with Crippen LogP contribution in [0.3, 0.4) is 0 Å². The minimum Gasteiger partial charge on any atom is -0.478 e. The quantitative estimate of drug-likeness (QED) is 0.892. The van der Waals surface area contributed by atoms with E-state index in [1.807, 2.05) is 30.3 Å². The normalized spacial score (nSPS) is 17.1. The average Bonchev–Trinajstić information content (AvgIpc) is 2.79. The van der Waals surface area contributed by atoms with Crippen molar-refractivity contribution in [2.75, 3.05) is 10.8 Å². The summed E-state index contributed by atoms with van der Waals surface area (Å²) in [6.45, 7) is 1.51. The first-order chi connectivity index (χ1) is 9.39. The molecular formula is C14H13ClN2O2S. The Morgan fingerprint density at radius 2 is 2.15 bits per heavy atom. The zero-order valence-corrected chi connectivity index (χ0v) is 12.3. The fraction of sp³-hybridized carbons (Fsp3) is 0.214. The van der Waals surface area contributed by atoms with E-state index < -0.39 is 11.6 Å². The molecule has 0 amide bonds. The third kappa shape index (κ3) is 2.02. The summed E-state index contributed by atoms with van der Waals surface area (Å²) in [7, 11) is 0. The van der Waals surface area contributed by atoms with E-state index in [0.717, 1.165) is 21.4 Å². The van der Waals surface area contributed by atoms with Gasteiger partial charge in [0.2, 0.25) is 0 Å². The van der Waals surface area contributed by atoms with Crippen LogP contribution < -0.4 is 10.6 Å². The van der Waals surface area contributed by atoms with E-state index >= 15 is 0 Å². The molecule has 1 heterocycles. The zero-order chi connectivity index (χ0) is 14.5. The lowest BCUT2D eigenvalue weighted by molar-refractivity contribution is -0.142. The van der Waals surface area contributed by atoms with Crippen molar-refractivity contribution in [3.63, 3.8) is 0 Å². The van der Waals surface area contributed by atoms with Gasteiger partial charge in [-0.1, -0.05) is 17.7 Å². The van der Waals surface area contributed by atoms with Crippen molar-refractivity contribution < 1.29 is 9.90 Å². The highest BCUT2D eigenvalue weighted by Crippen LogP contribution is 2.43. The maximum absolute atomic E-state index is 11.3. The first kappa shape index (κ1) is 13.5. The van der Waals surface area contributed by atoms with Gasteiger partial charge < -0.3 is 10.0 Å². The standard InChI is InChI=1S/C14H13ClN2O2S/c1-14(16,13(18)19)17-7-20-12-6-8-2-3-10(15)4-9(8)5-11(12)17/h2-6H,7,16H2,1H3,(H,18,19)/t14-/m0/s1. The maximum atomic E-state index is 11.3. The molecule has 2 aromatic carbocycles. The van der Waals surface area contributed by atoms with Crippen LogP contribution in [0.15, 0.2) is 35.2 Å². The van der Waals surface area contributed by atoms with Gasteiger partial charge >= 0.3 is 5.97 Å². The Hall–Kier alpha value is -1.43. The van der Waals surface area contributed by atoms with Crippen LogP contribution in [0.25, 0.3) is 10.8 Å². The van der Waals surface area contributed by atoms with Crippen molar-refractivity contribution >= 4 is 45.8 Å². The minimum absolute atomic E-state index is 0.526. The van der Waals surface area contributed by atoms with Gasteiger partial charge in [-0.05, 0) is 42.0 Å². The van der Waals surface area contributed by atoms with Crippen molar-refractivity contribution in [2.24, 2.45) is 5.73 Å². The molecule has 4 nitrogen and oxygen atoms in total. The van der Waals surface area contributed by atoms with E-state index in [4.69, 9.17) is 17.3 Å². The molecule has 0 aromatic heterocycles. The second kappa shape index (κ2) is 4.55. The summed E-state index contributed by atoms with van der Waals surface area (Å²) in [6.07, 6.45) is 0. The fourth-order valence-corrected chi connectivity index (χ4v) is 3.65. The van der Waals surface area contributed by atoms with Crippen molar-refractivity contribution in [1.29, 1.82) is 0 Å². The summed E-state index contributed by atoms with van der Waals surface area (Å²) >= 11 is 7.60. The predicted octanol–water partition coefficient (Wildman–Crippen LogP) is 3.12. The number of carboxylic acid groups (broad SMARTS) is 1. The maximum Gasteiger partial charge on any atom is 0.344 e. The predicted molar refractivity (Wildman–Crippen MR) is 82.4 cm³/mol. The lowest BCUT2D eigenvalue weighted by Crippen LogP contribution is -2.58. The summed E-state index contributed by atoms with van der Waals surface area (Å²) in [6, 6.07) is 9.67. The summed E-state index contributed by atoms with van der Waals surface area (Å²) in [5.41, 5.74) is 5.36. The van der Waals surface area contributed by atoms with Crippen LogP contribution in [-0.4, -0.2) is 22.6 Å². The molecule has 1 atom stereocenters. The highest BCUT2D eigenvalue weighted by atomic mass is 35.5. The van der Waals surface area contributed by atoms with Crippen LogP contribution >= 0.6 is 23.4 Å². The van der Waals surface area contributed by atoms with Crippen LogP contribution in [0.1, 0.15) is 6.92 Å². The van der Waals surface area contributed by atoms with Crippen LogP contribution in [0.2, 0.25) is 5.02 Å². The van der Waals surface area contributed by atoms with E-state index in [-0.39, 0.29) is 0 Å². The Kier molecular flexibility index (Phi) is 3.08.